The molecule has 1 saturated heterocycles. The van der Waals surface area contributed by atoms with Crippen LogP contribution in [0.25, 0.3) is 11.5 Å². The van der Waals surface area contributed by atoms with Crippen LogP contribution in [0.1, 0.15) is 32.0 Å². The number of aromatic nitrogens is 2. The van der Waals surface area contributed by atoms with Crippen LogP contribution >= 0.6 is 0 Å². The molecule has 1 unspecified atom stereocenters. The highest BCUT2D eigenvalue weighted by atomic mass is 16.5. The predicted octanol–water partition coefficient (Wildman–Crippen LogP) is 4.06. The van der Waals surface area contributed by atoms with Gasteiger partial charge in [-0.2, -0.15) is 4.98 Å². The van der Waals surface area contributed by atoms with Crippen molar-refractivity contribution in [3.8, 4) is 28.7 Å². The molecule has 2 heterocycles. The molecule has 8 nitrogen and oxygen atoms in total. The maximum atomic E-state index is 12.6. The average molecular weight is 423 g/mol. The van der Waals surface area contributed by atoms with Crippen molar-refractivity contribution in [3.05, 3.63) is 48.3 Å². The highest BCUT2D eigenvalue weighted by Crippen LogP contribution is 2.35. The quantitative estimate of drug-likeness (QED) is 0.540. The zero-order valence-corrected chi connectivity index (χ0v) is 17.8. The van der Waals surface area contributed by atoms with Crippen molar-refractivity contribution in [2.45, 2.75) is 26.2 Å². The highest BCUT2D eigenvalue weighted by molar-refractivity contribution is 5.96. The van der Waals surface area contributed by atoms with Crippen molar-refractivity contribution in [2.24, 2.45) is 0 Å². The van der Waals surface area contributed by atoms with Gasteiger partial charge < -0.3 is 23.6 Å². The van der Waals surface area contributed by atoms with E-state index in [9.17, 15) is 4.79 Å². The Bertz CT molecular complexity index is 1050. The molecule has 0 saturated carbocycles. The van der Waals surface area contributed by atoms with Crippen molar-refractivity contribution in [3.63, 3.8) is 0 Å². The lowest BCUT2D eigenvalue weighted by Crippen LogP contribution is -2.24. The molecule has 162 valence electrons. The molecule has 1 atom stereocenters. The van der Waals surface area contributed by atoms with Crippen LogP contribution in [-0.4, -0.2) is 42.9 Å². The van der Waals surface area contributed by atoms with E-state index in [0.29, 0.717) is 49.4 Å². The first kappa shape index (κ1) is 20.7. The van der Waals surface area contributed by atoms with Crippen LogP contribution in [0, 0.1) is 0 Å². The van der Waals surface area contributed by atoms with E-state index in [1.807, 2.05) is 56.3 Å². The van der Waals surface area contributed by atoms with Gasteiger partial charge in [-0.15, -0.1) is 0 Å². The molecule has 1 fully saturated rings. The monoisotopic (exact) mass is 423 g/mol. The molecule has 2 aromatic carbocycles. The predicted molar refractivity (Wildman–Crippen MR) is 115 cm³/mol. The van der Waals surface area contributed by atoms with Gasteiger partial charge in [-0.1, -0.05) is 5.16 Å². The number of amides is 1. The van der Waals surface area contributed by atoms with Crippen LogP contribution in [0.5, 0.6) is 17.2 Å². The fourth-order valence-electron chi connectivity index (χ4n) is 3.59. The summed E-state index contributed by atoms with van der Waals surface area (Å²) in [5.74, 6) is 2.84. The maximum absolute atomic E-state index is 12.6. The SMILES string of the molecule is CCOc1ccc(-c2nc(C3CC(=O)N(c4ccc(OC)cc4)C3)no2)cc1OCC. The first-order valence-corrected chi connectivity index (χ1v) is 10.3. The standard InChI is InChI=1S/C23H25N3O5/c1-4-29-19-11-6-15(12-20(19)30-5-2)23-24-22(25-31-23)16-13-21(27)26(14-16)17-7-9-18(28-3)10-8-17/h6-12,16H,4-5,13-14H2,1-3H3. The number of carbonyl (C=O) groups excluding carboxylic acids is 1. The second kappa shape index (κ2) is 9.07. The van der Waals surface area contributed by atoms with Gasteiger partial charge in [-0.25, -0.2) is 0 Å². The second-order valence-electron chi connectivity index (χ2n) is 7.09. The van der Waals surface area contributed by atoms with Crippen molar-refractivity contribution >= 4 is 11.6 Å². The third-order valence-electron chi connectivity index (χ3n) is 5.11. The number of rotatable bonds is 8. The number of nitrogens with zero attached hydrogens (tertiary/aromatic N) is 3. The summed E-state index contributed by atoms with van der Waals surface area (Å²) in [6, 6.07) is 12.9. The van der Waals surface area contributed by atoms with Gasteiger partial charge in [0.15, 0.2) is 17.3 Å². The first-order chi connectivity index (χ1) is 15.1. The molecule has 1 aromatic heterocycles. The van der Waals surface area contributed by atoms with Gasteiger partial charge in [0.1, 0.15) is 5.75 Å². The first-order valence-electron chi connectivity index (χ1n) is 10.3. The molecule has 1 aliphatic heterocycles. The van der Waals surface area contributed by atoms with Crippen LogP contribution < -0.4 is 19.1 Å². The van der Waals surface area contributed by atoms with Crippen molar-refractivity contribution in [1.29, 1.82) is 0 Å². The summed E-state index contributed by atoms with van der Waals surface area (Å²) >= 11 is 0. The normalized spacial score (nSPS) is 15.9. The van der Waals surface area contributed by atoms with Crippen molar-refractivity contribution in [1.82, 2.24) is 10.1 Å². The number of hydrogen-bond donors (Lipinski definition) is 0. The summed E-state index contributed by atoms with van der Waals surface area (Å²) in [4.78, 5) is 18.9. The molecule has 0 bridgehead atoms. The topological polar surface area (TPSA) is 86.9 Å². The van der Waals surface area contributed by atoms with E-state index < -0.39 is 0 Å². The molecule has 0 N–H and O–H groups in total. The van der Waals surface area contributed by atoms with Gasteiger partial charge in [0, 0.05) is 30.1 Å². The molecule has 3 aromatic rings. The summed E-state index contributed by atoms with van der Waals surface area (Å²) in [5.41, 5.74) is 1.56. The maximum Gasteiger partial charge on any atom is 0.258 e. The Balaban J connectivity index is 1.52. The van der Waals surface area contributed by atoms with Crippen molar-refractivity contribution < 1.29 is 23.5 Å². The largest absolute Gasteiger partial charge is 0.497 e. The Morgan fingerprint density at radius 1 is 1.06 bits per heavy atom. The van der Waals surface area contributed by atoms with Crippen molar-refractivity contribution in [2.75, 3.05) is 31.8 Å². The summed E-state index contributed by atoms with van der Waals surface area (Å²) in [5, 5.41) is 4.14. The van der Waals surface area contributed by atoms with Crippen LogP contribution in [0.4, 0.5) is 5.69 Å². The van der Waals surface area contributed by atoms with Gasteiger partial charge in [0.25, 0.3) is 5.89 Å². The zero-order chi connectivity index (χ0) is 21.8. The van der Waals surface area contributed by atoms with Crippen LogP contribution in [0.2, 0.25) is 0 Å². The second-order valence-corrected chi connectivity index (χ2v) is 7.09. The Morgan fingerprint density at radius 3 is 2.52 bits per heavy atom. The average Bonchev–Trinajstić information content (AvgIpc) is 3.42. The van der Waals surface area contributed by atoms with Gasteiger partial charge in [0.2, 0.25) is 5.91 Å². The zero-order valence-electron chi connectivity index (χ0n) is 17.8. The Kier molecular flexibility index (Phi) is 6.06. The molecule has 0 aliphatic carbocycles. The van der Waals surface area contributed by atoms with Gasteiger partial charge in [-0.05, 0) is 56.3 Å². The molecule has 0 radical (unpaired) electrons. The van der Waals surface area contributed by atoms with E-state index >= 15 is 0 Å². The van der Waals surface area contributed by atoms with E-state index in [1.165, 1.54) is 0 Å². The lowest BCUT2D eigenvalue weighted by atomic mass is 10.1. The third kappa shape index (κ3) is 4.33. The molecular formula is C23H25N3O5. The number of anilines is 1. The molecule has 31 heavy (non-hydrogen) atoms. The van der Waals surface area contributed by atoms with E-state index in [1.54, 1.807) is 12.0 Å². The molecule has 0 spiro atoms. The number of methoxy groups -OCH3 is 1. The van der Waals surface area contributed by atoms with Gasteiger partial charge in [-0.3, -0.25) is 4.79 Å². The molecular weight excluding hydrogens is 398 g/mol. The smallest absolute Gasteiger partial charge is 0.258 e. The van der Waals surface area contributed by atoms with Gasteiger partial charge >= 0.3 is 0 Å². The third-order valence-corrected chi connectivity index (χ3v) is 5.11. The van der Waals surface area contributed by atoms with E-state index in [0.717, 1.165) is 17.0 Å². The summed E-state index contributed by atoms with van der Waals surface area (Å²) < 4.78 is 22.0. The van der Waals surface area contributed by atoms with Gasteiger partial charge in [0.05, 0.1) is 20.3 Å². The number of carbonyl (C=O) groups is 1. The highest BCUT2D eigenvalue weighted by Gasteiger charge is 2.34. The van der Waals surface area contributed by atoms with E-state index in [2.05, 4.69) is 10.1 Å². The molecule has 1 amide bonds. The van der Waals surface area contributed by atoms with Crippen LogP contribution in [0.3, 0.4) is 0 Å². The lowest BCUT2D eigenvalue weighted by Gasteiger charge is -2.16. The minimum Gasteiger partial charge on any atom is -0.497 e. The number of benzene rings is 2. The summed E-state index contributed by atoms with van der Waals surface area (Å²) in [7, 11) is 1.61. The fourth-order valence-corrected chi connectivity index (χ4v) is 3.59. The summed E-state index contributed by atoms with van der Waals surface area (Å²) in [6.07, 6.45) is 0.332. The minimum atomic E-state index is -0.138. The molecule has 1 aliphatic rings. The summed E-state index contributed by atoms with van der Waals surface area (Å²) in [6.45, 7) is 5.40. The Hall–Kier alpha value is -3.55. The molecule has 4 rings (SSSR count). The van der Waals surface area contributed by atoms with E-state index in [4.69, 9.17) is 18.7 Å². The Labute approximate surface area is 180 Å². The molecule has 8 heteroatoms. The lowest BCUT2D eigenvalue weighted by molar-refractivity contribution is -0.117. The number of hydrogen-bond acceptors (Lipinski definition) is 7. The minimum absolute atomic E-state index is 0.0289. The van der Waals surface area contributed by atoms with E-state index in [-0.39, 0.29) is 11.8 Å². The number of ether oxygens (including phenoxy) is 3. The fraction of sp³-hybridized carbons (Fsp3) is 0.348. The van der Waals surface area contributed by atoms with Crippen LogP contribution in [0.15, 0.2) is 47.0 Å². The van der Waals surface area contributed by atoms with Crippen LogP contribution in [-0.2, 0) is 4.79 Å². The Morgan fingerprint density at radius 2 is 1.81 bits per heavy atom.